The summed E-state index contributed by atoms with van der Waals surface area (Å²) in [7, 11) is 0. The first-order chi connectivity index (χ1) is 31.8. The van der Waals surface area contributed by atoms with Crippen LogP contribution >= 0.6 is 0 Å². The molecule has 0 saturated heterocycles. The van der Waals surface area contributed by atoms with Crippen LogP contribution in [-0.2, 0) is 5.41 Å². The Kier molecular flexibility index (Phi) is 9.13. The Labute approximate surface area is 374 Å². The van der Waals surface area contributed by atoms with Crippen molar-refractivity contribution in [2.24, 2.45) is 0 Å². The Morgan fingerprint density at radius 1 is 0.266 bits per heavy atom. The number of fused-ring (bicyclic) bond motifs is 6. The van der Waals surface area contributed by atoms with E-state index in [0.717, 1.165) is 28.2 Å². The fourth-order valence-corrected chi connectivity index (χ4v) is 10.5. The molecule has 1 heteroatoms. The second-order valence-corrected chi connectivity index (χ2v) is 16.8. The van der Waals surface area contributed by atoms with E-state index < -0.39 is 5.41 Å². The summed E-state index contributed by atoms with van der Waals surface area (Å²) in [5, 5.41) is 5.01. The van der Waals surface area contributed by atoms with Gasteiger partial charge in [0, 0.05) is 16.9 Å². The highest BCUT2D eigenvalue weighted by atomic mass is 15.1. The third-order valence-electron chi connectivity index (χ3n) is 13.3. The monoisotopic (exact) mass is 813 g/mol. The number of nitrogens with zero attached hydrogens (tertiary/aromatic N) is 1. The van der Waals surface area contributed by atoms with Gasteiger partial charge in [0.2, 0.25) is 0 Å². The first-order valence-corrected chi connectivity index (χ1v) is 22.2. The van der Waals surface area contributed by atoms with Crippen LogP contribution in [0.3, 0.4) is 0 Å². The topological polar surface area (TPSA) is 3.24 Å². The molecule has 1 aliphatic rings. The molecule has 11 aromatic carbocycles. The van der Waals surface area contributed by atoms with Crippen molar-refractivity contribution in [1.82, 2.24) is 0 Å². The predicted molar refractivity (Wildman–Crippen MR) is 270 cm³/mol. The lowest BCUT2D eigenvalue weighted by molar-refractivity contribution is 0.768. The molecular formula is C63H43N. The van der Waals surface area contributed by atoms with Crippen LogP contribution in [0, 0.1) is 0 Å². The fourth-order valence-electron chi connectivity index (χ4n) is 10.5. The molecular weight excluding hydrogens is 771 g/mol. The zero-order chi connectivity index (χ0) is 42.5. The Morgan fingerprint density at radius 3 is 1.56 bits per heavy atom. The van der Waals surface area contributed by atoms with Gasteiger partial charge in [-0.3, -0.25) is 0 Å². The SMILES string of the molecule is c1ccc(-c2ccc(N(c3cccc(-c4cc5ccccc5c5ccccc45)c3)c3ccc4c(c3)C(c3ccccc3)(c3ccccc3)c3ccccc3-4)c(-c3ccccc3)c2)cc1. The zero-order valence-corrected chi connectivity index (χ0v) is 35.3. The van der Waals surface area contributed by atoms with Gasteiger partial charge in [0.25, 0.3) is 0 Å². The normalized spacial score (nSPS) is 12.5. The summed E-state index contributed by atoms with van der Waals surface area (Å²) in [6, 6.07) is 96.0. The van der Waals surface area contributed by atoms with E-state index in [2.05, 4.69) is 266 Å². The average molecular weight is 814 g/mol. The lowest BCUT2D eigenvalue weighted by atomic mass is 9.67. The van der Waals surface area contributed by atoms with E-state index in [1.54, 1.807) is 0 Å². The number of rotatable bonds is 8. The Hall–Kier alpha value is -8.26. The van der Waals surface area contributed by atoms with Crippen molar-refractivity contribution in [3.8, 4) is 44.5 Å². The van der Waals surface area contributed by atoms with Gasteiger partial charge in [-0.25, -0.2) is 0 Å². The number of hydrogen-bond acceptors (Lipinski definition) is 1. The van der Waals surface area contributed by atoms with E-state index in [9.17, 15) is 0 Å². The largest absolute Gasteiger partial charge is 0.310 e. The highest BCUT2D eigenvalue weighted by Gasteiger charge is 2.46. The average Bonchev–Trinajstić information content (AvgIpc) is 3.68. The third kappa shape index (κ3) is 6.08. The molecule has 0 saturated carbocycles. The molecule has 0 spiro atoms. The van der Waals surface area contributed by atoms with Crippen LogP contribution in [0.5, 0.6) is 0 Å². The Bertz CT molecular complexity index is 3440. The van der Waals surface area contributed by atoms with Gasteiger partial charge in [0.15, 0.2) is 0 Å². The van der Waals surface area contributed by atoms with Crippen molar-refractivity contribution in [3.05, 3.63) is 283 Å². The van der Waals surface area contributed by atoms with Crippen LogP contribution < -0.4 is 4.90 Å². The summed E-state index contributed by atoms with van der Waals surface area (Å²) in [6.45, 7) is 0. The zero-order valence-electron chi connectivity index (χ0n) is 35.3. The summed E-state index contributed by atoms with van der Waals surface area (Å²) in [6.07, 6.45) is 0. The molecule has 0 unspecified atom stereocenters. The van der Waals surface area contributed by atoms with Crippen molar-refractivity contribution in [3.63, 3.8) is 0 Å². The van der Waals surface area contributed by atoms with Crippen molar-refractivity contribution in [2.45, 2.75) is 5.41 Å². The molecule has 0 fully saturated rings. The quantitative estimate of drug-likeness (QED) is 0.138. The molecule has 0 aliphatic heterocycles. The maximum Gasteiger partial charge on any atom is 0.0714 e. The molecule has 0 bridgehead atoms. The Morgan fingerprint density at radius 2 is 0.828 bits per heavy atom. The van der Waals surface area contributed by atoms with Gasteiger partial charge in [-0.05, 0) is 125 Å². The molecule has 11 aromatic rings. The highest BCUT2D eigenvalue weighted by Crippen LogP contribution is 2.57. The molecule has 0 radical (unpaired) electrons. The van der Waals surface area contributed by atoms with Gasteiger partial charge in [-0.1, -0.05) is 218 Å². The summed E-state index contributed by atoms with van der Waals surface area (Å²) < 4.78 is 0. The maximum absolute atomic E-state index is 2.49. The fraction of sp³-hybridized carbons (Fsp3) is 0.0159. The van der Waals surface area contributed by atoms with Gasteiger partial charge in [-0.15, -0.1) is 0 Å². The van der Waals surface area contributed by atoms with Gasteiger partial charge in [-0.2, -0.15) is 0 Å². The minimum Gasteiger partial charge on any atom is -0.310 e. The highest BCUT2D eigenvalue weighted by molar-refractivity contribution is 6.14. The van der Waals surface area contributed by atoms with Gasteiger partial charge < -0.3 is 4.90 Å². The molecule has 1 aliphatic carbocycles. The number of anilines is 3. The van der Waals surface area contributed by atoms with Crippen molar-refractivity contribution < 1.29 is 0 Å². The minimum absolute atomic E-state index is 0.540. The van der Waals surface area contributed by atoms with Crippen LogP contribution in [-0.4, -0.2) is 0 Å². The van der Waals surface area contributed by atoms with Gasteiger partial charge in [0.1, 0.15) is 0 Å². The molecule has 0 aromatic heterocycles. The van der Waals surface area contributed by atoms with Crippen LogP contribution in [0.15, 0.2) is 261 Å². The van der Waals surface area contributed by atoms with Crippen LogP contribution in [0.1, 0.15) is 22.3 Å². The van der Waals surface area contributed by atoms with Crippen molar-refractivity contribution in [1.29, 1.82) is 0 Å². The lowest BCUT2D eigenvalue weighted by Crippen LogP contribution is -2.28. The first-order valence-electron chi connectivity index (χ1n) is 22.2. The van der Waals surface area contributed by atoms with Gasteiger partial charge >= 0.3 is 0 Å². The third-order valence-corrected chi connectivity index (χ3v) is 13.3. The molecule has 12 rings (SSSR count). The first kappa shape index (κ1) is 37.5. The van der Waals surface area contributed by atoms with E-state index in [1.807, 2.05) is 0 Å². The molecule has 0 N–H and O–H groups in total. The van der Waals surface area contributed by atoms with Crippen LogP contribution in [0.2, 0.25) is 0 Å². The number of hydrogen-bond donors (Lipinski definition) is 0. The molecule has 1 nitrogen and oxygen atoms in total. The second-order valence-electron chi connectivity index (χ2n) is 16.8. The van der Waals surface area contributed by atoms with Crippen molar-refractivity contribution >= 4 is 38.6 Å². The van der Waals surface area contributed by atoms with Crippen molar-refractivity contribution in [2.75, 3.05) is 4.90 Å². The molecule has 300 valence electrons. The van der Waals surface area contributed by atoms with E-state index in [1.165, 1.54) is 77.2 Å². The Balaban J connectivity index is 1.14. The summed E-state index contributed by atoms with van der Waals surface area (Å²) in [4.78, 5) is 2.49. The number of benzene rings is 11. The predicted octanol–water partition coefficient (Wildman–Crippen LogP) is 16.8. The van der Waals surface area contributed by atoms with Crippen LogP contribution in [0.25, 0.3) is 66.1 Å². The van der Waals surface area contributed by atoms with E-state index in [-0.39, 0.29) is 0 Å². The van der Waals surface area contributed by atoms with E-state index in [4.69, 9.17) is 0 Å². The summed E-state index contributed by atoms with van der Waals surface area (Å²) in [5.41, 5.74) is 17.4. The molecule has 0 heterocycles. The standard InChI is InChI=1S/C63H43N/c1-5-20-44(21-6-1)46-36-39-62(59(41-46)45-22-7-2-8-23-45)64(51-30-19-25-47(40-51)58-42-48-24-13-14-31-53(48)54-32-15-16-33-55(54)58)52-37-38-57-56-34-17-18-35-60(56)63(61(57)43-52,49-26-9-3-10-27-49)50-28-11-4-12-29-50/h1-43H. The smallest absolute Gasteiger partial charge is 0.0714 e. The minimum atomic E-state index is -0.540. The van der Waals surface area contributed by atoms with E-state index >= 15 is 0 Å². The van der Waals surface area contributed by atoms with E-state index in [0.29, 0.717) is 0 Å². The summed E-state index contributed by atoms with van der Waals surface area (Å²) in [5.74, 6) is 0. The van der Waals surface area contributed by atoms with Crippen LogP contribution in [0.4, 0.5) is 17.1 Å². The summed E-state index contributed by atoms with van der Waals surface area (Å²) >= 11 is 0. The maximum atomic E-state index is 2.49. The lowest BCUT2D eigenvalue weighted by Gasteiger charge is -2.35. The van der Waals surface area contributed by atoms with Gasteiger partial charge in [0.05, 0.1) is 11.1 Å². The molecule has 0 amide bonds. The molecule has 64 heavy (non-hydrogen) atoms. The second kappa shape index (κ2) is 15.6. The molecule has 0 atom stereocenters.